The van der Waals surface area contributed by atoms with Crippen molar-refractivity contribution < 1.29 is 14.4 Å². The molecular weight excluding hydrogens is 422 g/mol. The van der Waals surface area contributed by atoms with Crippen LogP contribution in [0.3, 0.4) is 0 Å². The average Bonchev–Trinajstić information content (AvgIpc) is 3.26. The molecule has 1 fully saturated rings. The van der Waals surface area contributed by atoms with E-state index < -0.39 is 0 Å². The summed E-state index contributed by atoms with van der Waals surface area (Å²) in [6.45, 7) is 7.43. The molecule has 0 bridgehead atoms. The Hall–Kier alpha value is -3.32. The van der Waals surface area contributed by atoms with Crippen LogP contribution in [-0.4, -0.2) is 39.6 Å². The predicted octanol–water partition coefficient (Wildman–Crippen LogP) is 5.06. The van der Waals surface area contributed by atoms with E-state index in [2.05, 4.69) is 0 Å². The van der Waals surface area contributed by atoms with E-state index in [1.54, 1.807) is 23.1 Å². The first-order chi connectivity index (χ1) is 15.4. The van der Waals surface area contributed by atoms with E-state index in [1.807, 2.05) is 67.9 Å². The van der Waals surface area contributed by atoms with Crippen LogP contribution in [-0.2, 0) is 16.1 Å². The predicted molar refractivity (Wildman–Crippen MR) is 129 cm³/mol. The van der Waals surface area contributed by atoms with Gasteiger partial charge >= 0.3 is 0 Å². The number of fused-ring (bicyclic) bond motifs is 1. The Balaban J connectivity index is 1.68. The van der Waals surface area contributed by atoms with Crippen molar-refractivity contribution in [3.8, 4) is 0 Å². The molecule has 2 aromatic carbocycles. The molecule has 32 heavy (non-hydrogen) atoms. The van der Waals surface area contributed by atoms with Gasteiger partial charge in [-0.1, -0.05) is 35.9 Å². The fraction of sp³-hybridized carbons (Fsp3) is 0.240. The number of aromatic nitrogens is 1. The van der Waals surface area contributed by atoms with E-state index in [-0.39, 0.29) is 23.6 Å². The number of aryl methyl sites for hydroxylation is 1. The number of anilines is 1. The molecule has 4 rings (SSSR count). The Morgan fingerprint density at radius 2 is 1.72 bits per heavy atom. The van der Waals surface area contributed by atoms with E-state index in [4.69, 9.17) is 0 Å². The number of rotatable bonds is 6. The first-order valence-corrected chi connectivity index (χ1v) is 11.4. The highest BCUT2D eigenvalue weighted by Gasteiger charge is 2.36. The maximum atomic E-state index is 13.0. The molecule has 0 saturated carbocycles. The molecule has 3 aromatic rings. The Labute approximate surface area is 191 Å². The van der Waals surface area contributed by atoms with Gasteiger partial charge in [-0.2, -0.15) is 0 Å². The van der Waals surface area contributed by atoms with Crippen molar-refractivity contribution >= 4 is 51.5 Å². The monoisotopic (exact) mass is 447 g/mol. The zero-order chi connectivity index (χ0) is 22.8. The number of nitrogens with zero attached hydrogens (tertiary/aromatic N) is 3. The summed E-state index contributed by atoms with van der Waals surface area (Å²) < 4.78 is 1.91. The zero-order valence-corrected chi connectivity index (χ0v) is 19.2. The zero-order valence-electron chi connectivity index (χ0n) is 18.4. The largest absolute Gasteiger partial charge is 0.342 e. The lowest BCUT2D eigenvalue weighted by Crippen LogP contribution is -2.33. The van der Waals surface area contributed by atoms with E-state index in [9.17, 15) is 14.4 Å². The normalized spacial score (nSPS) is 15.2. The van der Waals surface area contributed by atoms with Gasteiger partial charge < -0.3 is 9.47 Å². The van der Waals surface area contributed by atoms with Crippen LogP contribution < -0.4 is 4.90 Å². The minimum Gasteiger partial charge on any atom is -0.342 e. The first kappa shape index (κ1) is 21.9. The first-order valence-electron chi connectivity index (χ1n) is 10.6. The van der Waals surface area contributed by atoms with Gasteiger partial charge in [0.2, 0.25) is 5.91 Å². The summed E-state index contributed by atoms with van der Waals surface area (Å²) in [7, 11) is 0. The van der Waals surface area contributed by atoms with Crippen molar-refractivity contribution in [2.45, 2.75) is 27.3 Å². The number of benzene rings is 2. The molecular formula is C25H25N3O3S. The second-order valence-electron chi connectivity index (χ2n) is 7.65. The van der Waals surface area contributed by atoms with Crippen LogP contribution in [0.25, 0.3) is 17.0 Å². The molecule has 0 radical (unpaired) electrons. The van der Waals surface area contributed by atoms with Crippen LogP contribution in [0.2, 0.25) is 0 Å². The second-order valence-corrected chi connectivity index (χ2v) is 8.64. The third-order valence-electron chi connectivity index (χ3n) is 5.61. The molecule has 6 nitrogen and oxygen atoms in total. The summed E-state index contributed by atoms with van der Waals surface area (Å²) in [6, 6.07) is 15.1. The Morgan fingerprint density at radius 3 is 2.41 bits per heavy atom. The smallest absolute Gasteiger partial charge is 0.298 e. The standard InChI is InChI=1S/C25H25N3O3S/c1-4-26(5-2)23(29)16-27-15-18(20-8-6-7-9-21(20)27)14-22-24(30)28(25(31)32-22)19-12-10-17(3)11-13-19/h6-15H,4-5,16H2,1-3H3/b22-14-. The van der Waals surface area contributed by atoms with Gasteiger partial charge in [0.05, 0.1) is 10.6 Å². The summed E-state index contributed by atoms with van der Waals surface area (Å²) in [4.78, 5) is 41.7. The molecule has 164 valence electrons. The van der Waals surface area contributed by atoms with Crippen molar-refractivity contribution in [1.82, 2.24) is 9.47 Å². The van der Waals surface area contributed by atoms with E-state index in [0.717, 1.165) is 33.8 Å². The topological polar surface area (TPSA) is 62.6 Å². The second kappa shape index (κ2) is 9.04. The molecule has 7 heteroatoms. The van der Waals surface area contributed by atoms with Gasteiger partial charge in [-0.3, -0.25) is 14.4 Å². The van der Waals surface area contributed by atoms with Crippen LogP contribution in [0.15, 0.2) is 59.6 Å². The lowest BCUT2D eigenvalue weighted by molar-refractivity contribution is -0.131. The Bertz CT molecular complexity index is 1220. The third-order valence-corrected chi connectivity index (χ3v) is 6.48. The highest BCUT2D eigenvalue weighted by molar-refractivity contribution is 8.19. The molecule has 0 aliphatic carbocycles. The number of hydrogen-bond acceptors (Lipinski definition) is 4. The van der Waals surface area contributed by atoms with Crippen LogP contribution in [0.4, 0.5) is 10.5 Å². The minimum absolute atomic E-state index is 0.0435. The van der Waals surface area contributed by atoms with E-state index in [1.165, 1.54) is 4.90 Å². The van der Waals surface area contributed by atoms with Gasteiger partial charge in [0, 0.05) is 35.8 Å². The number of carbonyl (C=O) groups is 3. The molecule has 2 heterocycles. The summed E-state index contributed by atoms with van der Waals surface area (Å²) in [6.07, 6.45) is 3.63. The van der Waals surface area contributed by atoms with Crippen molar-refractivity contribution in [2.24, 2.45) is 0 Å². The SMILES string of the molecule is CCN(CC)C(=O)Cn1cc(/C=C2\SC(=O)N(c3ccc(C)cc3)C2=O)c2ccccc21. The fourth-order valence-electron chi connectivity index (χ4n) is 3.87. The van der Waals surface area contributed by atoms with Gasteiger partial charge in [-0.05, 0) is 56.8 Å². The van der Waals surface area contributed by atoms with Crippen molar-refractivity contribution in [1.29, 1.82) is 0 Å². The molecule has 3 amide bonds. The van der Waals surface area contributed by atoms with Gasteiger partial charge in [-0.25, -0.2) is 4.90 Å². The van der Waals surface area contributed by atoms with Crippen molar-refractivity contribution in [3.05, 3.63) is 70.8 Å². The van der Waals surface area contributed by atoms with Crippen LogP contribution in [0, 0.1) is 6.92 Å². The van der Waals surface area contributed by atoms with Crippen molar-refractivity contribution in [2.75, 3.05) is 18.0 Å². The molecule has 1 aliphatic heterocycles. The van der Waals surface area contributed by atoms with Gasteiger partial charge in [0.15, 0.2) is 0 Å². The Kier molecular flexibility index (Phi) is 6.19. The number of imide groups is 1. The number of likely N-dealkylation sites (N-methyl/N-ethyl adjacent to an activating group) is 1. The van der Waals surface area contributed by atoms with Crippen molar-refractivity contribution in [3.63, 3.8) is 0 Å². The maximum Gasteiger partial charge on any atom is 0.298 e. The molecule has 1 aliphatic rings. The lowest BCUT2D eigenvalue weighted by atomic mass is 10.1. The lowest BCUT2D eigenvalue weighted by Gasteiger charge is -2.19. The van der Waals surface area contributed by atoms with Gasteiger partial charge in [-0.15, -0.1) is 0 Å². The molecule has 1 saturated heterocycles. The summed E-state index contributed by atoms with van der Waals surface area (Å²) >= 11 is 0.934. The molecule has 0 atom stereocenters. The van der Waals surface area contributed by atoms with Crippen LogP contribution >= 0.6 is 11.8 Å². The number of thioether (sulfide) groups is 1. The number of hydrogen-bond donors (Lipinski definition) is 0. The molecule has 0 spiro atoms. The van der Waals surface area contributed by atoms with E-state index >= 15 is 0 Å². The fourth-order valence-corrected chi connectivity index (χ4v) is 4.70. The van der Waals surface area contributed by atoms with Crippen LogP contribution in [0.5, 0.6) is 0 Å². The average molecular weight is 448 g/mol. The third kappa shape index (κ3) is 4.08. The summed E-state index contributed by atoms with van der Waals surface area (Å²) in [5.41, 5.74) is 3.34. The Morgan fingerprint density at radius 1 is 1.03 bits per heavy atom. The maximum absolute atomic E-state index is 13.0. The minimum atomic E-state index is -0.333. The molecule has 0 unspecified atom stereocenters. The quantitative estimate of drug-likeness (QED) is 0.496. The van der Waals surface area contributed by atoms with Gasteiger partial charge in [0.25, 0.3) is 11.1 Å². The van der Waals surface area contributed by atoms with Crippen LogP contribution in [0.1, 0.15) is 25.0 Å². The number of para-hydroxylation sites is 1. The highest BCUT2D eigenvalue weighted by atomic mass is 32.2. The van der Waals surface area contributed by atoms with Gasteiger partial charge in [0.1, 0.15) is 6.54 Å². The highest BCUT2D eigenvalue weighted by Crippen LogP contribution is 2.37. The molecule has 0 N–H and O–H groups in total. The summed E-state index contributed by atoms with van der Waals surface area (Å²) in [5.74, 6) is -0.290. The molecule has 1 aromatic heterocycles. The van der Waals surface area contributed by atoms with E-state index in [0.29, 0.717) is 23.7 Å². The summed E-state index contributed by atoms with van der Waals surface area (Å²) in [5, 5.41) is 0.618. The number of carbonyl (C=O) groups excluding carboxylic acids is 3. The number of amides is 3.